The Labute approximate surface area is 119 Å². The summed E-state index contributed by atoms with van der Waals surface area (Å²) in [5, 5.41) is 0. The van der Waals surface area contributed by atoms with E-state index >= 15 is 0 Å². The molecular weight excluding hydrogens is 248 g/mol. The van der Waals surface area contributed by atoms with Crippen molar-refractivity contribution in [1.82, 2.24) is 12.3 Å². The van der Waals surface area contributed by atoms with Gasteiger partial charge in [-0.05, 0) is 0 Å². The van der Waals surface area contributed by atoms with Gasteiger partial charge in [0.1, 0.15) is 0 Å². The van der Waals surface area contributed by atoms with Crippen LogP contribution in [0, 0.1) is 0 Å². The minimum Gasteiger partial charge on any atom is -0.789 e. The molecule has 0 radical (unpaired) electrons. The topological polar surface area (TPSA) is 200 Å². The standard InChI is InChI=1S/2H3N.2Na.H4O7P2/c;;;;1-8(2,3)7-9(4,5)6/h2*1H3;;;(H2,1,2,3)(H2,4,5,6)/q;;2*+1;/p-2. The predicted octanol–water partition coefficient (Wildman–Crippen LogP) is -7.74. The van der Waals surface area contributed by atoms with Crippen molar-refractivity contribution >= 4 is 15.6 Å². The average molecular weight is 256 g/mol. The Morgan fingerprint density at radius 3 is 1.23 bits per heavy atom. The van der Waals surface area contributed by atoms with E-state index in [4.69, 9.17) is 9.79 Å². The monoisotopic (exact) mass is 256 g/mol. The summed E-state index contributed by atoms with van der Waals surface area (Å²) < 4.78 is 21.7. The summed E-state index contributed by atoms with van der Waals surface area (Å²) in [7, 11) is -10.7. The fourth-order valence-corrected chi connectivity index (χ4v) is 1.17. The number of phosphoric acid groups is 2. The summed E-state index contributed by atoms with van der Waals surface area (Å²) >= 11 is 0. The van der Waals surface area contributed by atoms with Crippen molar-refractivity contribution in [3.63, 3.8) is 0 Å². The third-order valence-electron chi connectivity index (χ3n) is 0.206. The first-order chi connectivity index (χ1) is 3.71. The molecule has 0 spiro atoms. The maximum absolute atomic E-state index is 9.55. The van der Waals surface area contributed by atoms with Crippen LogP contribution in [0.5, 0.6) is 0 Å². The van der Waals surface area contributed by atoms with E-state index in [0.717, 1.165) is 0 Å². The Morgan fingerprint density at radius 2 is 1.23 bits per heavy atom. The summed E-state index contributed by atoms with van der Waals surface area (Å²) in [6, 6.07) is 0. The zero-order valence-electron chi connectivity index (χ0n) is 7.24. The van der Waals surface area contributed by atoms with Gasteiger partial charge < -0.3 is 36.4 Å². The SMILES string of the molecule is N.N.O=P([O-])([O-])OP(=O)(O)O.[Na+].[Na+]. The molecule has 72 valence electrons. The van der Waals surface area contributed by atoms with E-state index in [1.54, 1.807) is 0 Å². The molecule has 0 atom stereocenters. The van der Waals surface area contributed by atoms with Crippen LogP contribution in [0.3, 0.4) is 0 Å². The van der Waals surface area contributed by atoms with E-state index in [0.29, 0.717) is 0 Å². The summed E-state index contributed by atoms with van der Waals surface area (Å²) in [6.07, 6.45) is 0. The van der Waals surface area contributed by atoms with Gasteiger partial charge in [0.25, 0.3) is 0 Å². The Hall–Kier alpha value is 2.18. The zero-order chi connectivity index (χ0) is 7.71. The summed E-state index contributed by atoms with van der Waals surface area (Å²) in [5.74, 6) is 0. The molecule has 0 aliphatic rings. The first kappa shape index (κ1) is 29.5. The molecule has 0 aromatic heterocycles. The van der Waals surface area contributed by atoms with Crippen LogP contribution in [0.1, 0.15) is 0 Å². The van der Waals surface area contributed by atoms with Gasteiger partial charge in [-0.25, -0.2) is 4.57 Å². The Kier molecular flexibility index (Phi) is 24.2. The fraction of sp³-hybridized carbons (Fsp3) is 0. The van der Waals surface area contributed by atoms with Gasteiger partial charge in [-0.2, -0.15) is 0 Å². The molecule has 0 rings (SSSR count). The first-order valence-electron chi connectivity index (χ1n) is 1.50. The van der Waals surface area contributed by atoms with Gasteiger partial charge in [0.2, 0.25) is 0 Å². The van der Waals surface area contributed by atoms with Crippen molar-refractivity contribution < 1.29 is 92.1 Å². The van der Waals surface area contributed by atoms with E-state index in [-0.39, 0.29) is 71.4 Å². The van der Waals surface area contributed by atoms with Crippen LogP contribution in [0.2, 0.25) is 0 Å². The third-order valence-corrected chi connectivity index (χ3v) is 1.86. The molecule has 0 heterocycles. The van der Waals surface area contributed by atoms with E-state index < -0.39 is 15.6 Å². The molecule has 0 fully saturated rings. The van der Waals surface area contributed by atoms with E-state index in [1.807, 2.05) is 0 Å². The molecule has 13 heavy (non-hydrogen) atoms. The molecule has 0 aliphatic heterocycles. The van der Waals surface area contributed by atoms with Crippen LogP contribution < -0.4 is 81.2 Å². The largest absolute Gasteiger partial charge is 1.00 e. The second-order valence-electron chi connectivity index (χ2n) is 1.02. The van der Waals surface area contributed by atoms with Crippen molar-refractivity contribution in [2.75, 3.05) is 0 Å². The molecule has 0 bridgehead atoms. The molecule has 0 saturated heterocycles. The van der Waals surface area contributed by atoms with Gasteiger partial charge >= 0.3 is 66.9 Å². The Bertz CT molecular complexity index is 163. The van der Waals surface area contributed by atoms with E-state index in [1.165, 1.54) is 0 Å². The molecule has 0 saturated carbocycles. The normalized spacial score (nSPS) is 9.54. The van der Waals surface area contributed by atoms with Gasteiger partial charge in [-0.15, -0.1) is 0 Å². The minimum atomic E-state index is -5.55. The van der Waals surface area contributed by atoms with Gasteiger partial charge in [0.05, 0.1) is 7.82 Å². The molecular formula is H8N2Na2O7P2. The van der Waals surface area contributed by atoms with Crippen LogP contribution >= 0.6 is 15.6 Å². The number of hydrogen-bond acceptors (Lipinski definition) is 7. The Balaban J connectivity index is -0.0000000533. The van der Waals surface area contributed by atoms with E-state index in [9.17, 15) is 18.9 Å². The first-order valence-corrected chi connectivity index (χ1v) is 4.49. The summed E-state index contributed by atoms with van der Waals surface area (Å²) in [6.45, 7) is 0. The van der Waals surface area contributed by atoms with Crippen LogP contribution in [0.4, 0.5) is 0 Å². The fourth-order valence-electron chi connectivity index (χ4n) is 0.130. The van der Waals surface area contributed by atoms with Gasteiger partial charge in [-0.1, -0.05) is 0 Å². The van der Waals surface area contributed by atoms with Gasteiger partial charge in [0.15, 0.2) is 0 Å². The van der Waals surface area contributed by atoms with Gasteiger partial charge in [-0.3, -0.25) is 4.31 Å². The smallest absolute Gasteiger partial charge is 0.789 e. The van der Waals surface area contributed by atoms with E-state index in [2.05, 4.69) is 4.31 Å². The Morgan fingerprint density at radius 1 is 1.00 bits per heavy atom. The predicted molar refractivity (Wildman–Crippen MR) is 30.8 cm³/mol. The molecule has 9 nitrogen and oxygen atoms in total. The molecule has 0 aliphatic carbocycles. The number of hydrogen-bond donors (Lipinski definition) is 4. The summed E-state index contributed by atoms with van der Waals surface area (Å²) in [5.41, 5.74) is 0. The molecule has 0 aromatic rings. The van der Waals surface area contributed by atoms with Crippen LogP contribution in [-0.4, -0.2) is 9.79 Å². The van der Waals surface area contributed by atoms with Crippen LogP contribution in [-0.2, 0) is 13.4 Å². The van der Waals surface area contributed by atoms with Crippen molar-refractivity contribution in [2.24, 2.45) is 0 Å². The summed E-state index contributed by atoms with van der Waals surface area (Å²) in [4.78, 5) is 34.1. The van der Waals surface area contributed by atoms with Crippen molar-refractivity contribution in [1.29, 1.82) is 0 Å². The maximum atomic E-state index is 9.55. The molecule has 0 aromatic carbocycles. The maximum Gasteiger partial charge on any atom is 1.00 e. The number of rotatable bonds is 2. The van der Waals surface area contributed by atoms with Gasteiger partial charge in [0, 0.05) is 0 Å². The second kappa shape index (κ2) is 10.7. The molecule has 13 heteroatoms. The average Bonchev–Trinajstić information content (AvgIpc) is 1.14. The minimum absolute atomic E-state index is 0. The van der Waals surface area contributed by atoms with Crippen LogP contribution in [0.25, 0.3) is 0 Å². The molecule has 8 N–H and O–H groups in total. The zero-order valence-corrected chi connectivity index (χ0v) is 13.0. The van der Waals surface area contributed by atoms with Crippen molar-refractivity contribution in [3.8, 4) is 0 Å². The second-order valence-corrected chi connectivity index (χ2v) is 3.55. The van der Waals surface area contributed by atoms with Crippen LogP contribution in [0.15, 0.2) is 0 Å². The molecule has 0 amide bonds. The third kappa shape index (κ3) is 31.4. The van der Waals surface area contributed by atoms with Crippen molar-refractivity contribution in [2.45, 2.75) is 0 Å². The molecule has 0 unspecified atom stereocenters. The van der Waals surface area contributed by atoms with Crippen molar-refractivity contribution in [3.05, 3.63) is 0 Å². The quantitative estimate of drug-likeness (QED) is 0.273.